The van der Waals surface area contributed by atoms with Crippen molar-refractivity contribution in [2.45, 2.75) is 32.6 Å². The lowest BCUT2D eigenvalue weighted by Crippen LogP contribution is -2.44. The van der Waals surface area contributed by atoms with Crippen molar-refractivity contribution in [2.75, 3.05) is 26.2 Å². The SMILES string of the molecule is Cc1oc(-c2ccco2)nc1CC(=O)N1CCC2(CCNC2)CC1.Cl.Cl. The normalized spacial score (nSPS) is 18.4. The molecule has 2 aliphatic rings. The molecule has 0 unspecified atom stereocenters. The van der Waals surface area contributed by atoms with Crippen molar-refractivity contribution in [1.82, 2.24) is 15.2 Å². The van der Waals surface area contributed by atoms with Gasteiger partial charge in [0.25, 0.3) is 5.89 Å². The number of hydrogen-bond donors (Lipinski definition) is 1. The summed E-state index contributed by atoms with van der Waals surface area (Å²) in [5, 5.41) is 3.46. The van der Waals surface area contributed by atoms with Crippen molar-refractivity contribution < 1.29 is 13.6 Å². The number of carbonyl (C=O) groups is 1. The van der Waals surface area contributed by atoms with Crippen LogP contribution < -0.4 is 5.32 Å². The Morgan fingerprint density at radius 1 is 1.31 bits per heavy atom. The molecule has 144 valence electrons. The molecule has 4 rings (SSSR count). The lowest BCUT2D eigenvalue weighted by Gasteiger charge is -2.38. The van der Waals surface area contributed by atoms with Crippen LogP contribution in [0.25, 0.3) is 11.7 Å². The van der Waals surface area contributed by atoms with E-state index in [0.29, 0.717) is 34.9 Å². The molecule has 4 heterocycles. The van der Waals surface area contributed by atoms with E-state index >= 15 is 0 Å². The molecule has 26 heavy (non-hydrogen) atoms. The summed E-state index contributed by atoms with van der Waals surface area (Å²) in [6, 6.07) is 3.59. The number of carbonyl (C=O) groups excluding carboxylic acids is 1. The zero-order valence-corrected chi connectivity index (χ0v) is 16.5. The minimum absolute atomic E-state index is 0. The number of halogens is 2. The first-order chi connectivity index (χ1) is 11.7. The largest absolute Gasteiger partial charge is 0.459 e. The van der Waals surface area contributed by atoms with Crippen molar-refractivity contribution in [3.63, 3.8) is 0 Å². The van der Waals surface area contributed by atoms with Crippen molar-refractivity contribution in [3.05, 3.63) is 29.9 Å². The second kappa shape index (κ2) is 8.46. The Labute approximate surface area is 165 Å². The fourth-order valence-corrected chi connectivity index (χ4v) is 3.81. The fourth-order valence-electron chi connectivity index (χ4n) is 3.81. The Balaban J connectivity index is 0.00000121. The van der Waals surface area contributed by atoms with Gasteiger partial charge >= 0.3 is 0 Å². The summed E-state index contributed by atoms with van der Waals surface area (Å²) in [5.74, 6) is 1.85. The maximum atomic E-state index is 12.6. The second-order valence-corrected chi connectivity index (χ2v) is 6.98. The minimum atomic E-state index is 0. The molecule has 0 aromatic carbocycles. The van der Waals surface area contributed by atoms with Gasteiger partial charge in [0.15, 0.2) is 5.76 Å². The summed E-state index contributed by atoms with van der Waals surface area (Å²) < 4.78 is 10.9. The molecule has 2 aromatic rings. The van der Waals surface area contributed by atoms with E-state index in [1.54, 1.807) is 18.4 Å². The highest BCUT2D eigenvalue weighted by Gasteiger charge is 2.38. The molecule has 0 atom stereocenters. The monoisotopic (exact) mass is 401 g/mol. The predicted octanol–water partition coefficient (Wildman–Crippen LogP) is 3.23. The van der Waals surface area contributed by atoms with Gasteiger partial charge in [-0.15, -0.1) is 24.8 Å². The first-order valence-electron chi connectivity index (χ1n) is 8.64. The van der Waals surface area contributed by atoms with Crippen LogP contribution in [0, 0.1) is 12.3 Å². The van der Waals surface area contributed by atoms with Gasteiger partial charge < -0.3 is 19.1 Å². The molecule has 2 fully saturated rings. The highest BCUT2D eigenvalue weighted by molar-refractivity contribution is 5.85. The van der Waals surface area contributed by atoms with Crippen LogP contribution in [0.1, 0.15) is 30.7 Å². The van der Waals surface area contributed by atoms with Crippen LogP contribution in [0.5, 0.6) is 0 Å². The highest BCUT2D eigenvalue weighted by Crippen LogP contribution is 2.37. The van der Waals surface area contributed by atoms with Crippen LogP contribution in [0.3, 0.4) is 0 Å². The van der Waals surface area contributed by atoms with Gasteiger partial charge in [-0.1, -0.05) is 0 Å². The second-order valence-electron chi connectivity index (χ2n) is 6.98. The Hall–Kier alpha value is -1.50. The number of hydrogen-bond acceptors (Lipinski definition) is 5. The summed E-state index contributed by atoms with van der Waals surface area (Å²) in [7, 11) is 0. The number of nitrogens with zero attached hydrogens (tertiary/aromatic N) is 2. The number of oxazole rings is 1. The number of amides is 1. The Kier molecular flexibility index (Phi) is 6.77. The average molecular weight is 402 g/mol. The maximum Gasteiger partial charge on any atom is 0.263 e. The number of piperidine rings is 1. The van der Waals surface area contributed by atoms with Crippen LogP contribution in [0.4, 0.5) is 0 Å². The van der Waals surface area contributed by atoms with Gasteiger partial charge in [-0.3, -0.25) is 4.79 Å². The molecule has 0 radical (unpaired) electrons. The molecule has 6 nitrogen and oxygen atoms in total. The number of nitrogens with one attached hydrogen (secondary N) is 1. The molecule has 0 aliphatic carbocycles. The molecule has 2 saturated heterocycles. The van der Waals surface area contributed by atoms with Crippen molar-refractivity contribution >= 4 is 30.7 Å². The van der Waals surface area contributed by atoms with E-state index in [1.807, 2.05) is 11.8 Å². The Morgan fingerprint density at radius 2 is 2.08 bits per heavy atom. The van der Waals surface area contributed by atoms with Crippen molar-refractivity contribution in [3.8, 4) is 11.7 Å². The van der Waals surface area contributed by atoms with E-state index in [0.717, 1.165) is 39.0 Å². The van der Waals surface area contributed by atoms with Crippen molar-refractivity contribution in [1.29, 1.82) is 0 Å². The lowest BCUT2D eigenvalue weighted by molar-refractivity contribution is -0.132. The molecule has 1 N–H and O–H groups in total. The number of likely N-dealkylation sites (tertiary alicyclic amines) is 1. The molecule has 8 heteroatoms. The summed E-state index contributed by atoms with van der Waals surface area (Å²) in [6.07, 6.45) is 5.31. The van der Waals surface area contributed by atoms with Crippen LogP contribution in [-0.4, -0.2) is 42.0 Å². The van der Waals surface area contributed by atoms with Gasteiger partial charge in [0.1, 0.15) is 5.76 Å². The first kappa shape index (κ1) is 20.8. The molecule has 0 bridgehead atoms. The van der Waals surface area contributed by atoms with Crippen LogP contribution >= 0.6 is 24.8 Å². The van der Waals surface area contributed by atoms with E-state index in [9.17, 15) is 4.79 Å². The summed E-state index contributed by atoms with van der Waals surface area (Å²) in [6.45, 7) is 5.76. The molecular weight excluding hydrogens is 377 g/mol. The molecular formula is C18H25Cl2N3O3. The Bertz CT molecular complexity index is 714. The van der Waals surface area contributed by atoms with Gasteiger partial charge in [-0.05, 0) is 50.3 Å². The summed E-state index contributed by atoms with van der Waals surface area (Å²) >= 11 is 0. The lowest BCUT2D eigenvalue weighted by atomic mass is 9.78. The quantitative estimate of drug-likeness (QED) is 0.854. The first-order valence-corrected chi connectivity index (χ1v) is 8.64. The summed E-state index contributed by atoms with van der Waals surface area (Å²) in [4.78, 5) is 19.0. The van der Waals surface area contributed by atoms with E-state index in [1.165, 1.54) is 6.42 Å². The molecule has 1 spiro atoms. The number of aryl methyl sites for hydroxylation is 1. The van der Waals surface area contributed by atoms with E-state index in [-0.39, 0.29) is 30.7 Å². The van der Waals surface area contributed by atoms with Gasteiger partial charge in [0, 0.05) is 19.6 Å². The van der Waals surface area contributed by atoms with E-state index < -0.39 is 0 Å². The third kappa shape index (κ3) is 4.08. The van der Waals surface area contributed by atoms with E-state index in [2.05, 4.69) is 10.3 Å². The Morgan fingerprint density at radius 3 is 2.69 bits per heavy atom. The zero-order chi connectivity index (χ0) is 16.6. The maximum absolute atomic E-state index is 12.6. The third-order valence-electron chi connectivity index (χ3n) is 5.45. The number of furan rings is 1. The van der Waals surface area contributed by atoms with Gasteiger partial charge in [-0.25, -0.2) is 4.98 Å². The predicted molar refractivity (Wildman–Crippen MR) is 103 cm³/mol. The van der Waals surface area contributed by atoms with Crippen LogP contribution in [0.2, 0.25) is 0 Å². The van der Waals surface area contributed by atoms with Gasteiger partial charge in [0.05, 0.1) is 18.4 Å². The van der Waals surface area contributed by atoms with Crippen LogP contribution in [0.15, 0.2) is 27.2 Å². The molecule has 1 amide bonds. The van der Waals surface area contributed by atoms with Crippen LogP contribution in [-0.2, 0) is 11.2 Å². The summed E-state index contributed by atoms with van der Waals surface area (Å²) in [5.41, 5.74) is 1.13. The smallest absolute Gasteiger partial charge is 0.263 e. The standard InChI is InChI=1S/C18H23N3O3.2ClH/c1-13-14(20-17(24-13)15-3-2-10-23-15)11-16(22)21-8-5-18(6-9-21)4-7-19-12-18;;/h2-3,10,19H,4-9,11-12H2,1H3;2*1H. The molecule has 2 aliphatic heterocycles. The molecule has 0 saturated carbocycles. The fraction of sp³-hybridized carbons (Fsp3) is 0.556. The van der Waals surface area contributed by atoms with Crippen molar-refractivity contribution in [2.24, 2.45) is 5.41 Å². The van der Waals surface area contributed by atoms with Gasteiger partial charge in [-0.2, -0.15) is 0 Å². The number of rotatable bonds is 3. The average Bonchev–Trinajstić information content (AvgIpc) is 3.31. The third-order valence-corrected chi connectivity index (χ3v) is 5.45. The topological polar surface area (TPSA) is 71.5 Å². The van der Waals surface area contributed by atoms with E-state index in [4.69, 9.17) is 8.83 Å². The number of aromatic nitrogens is 1. The minimum Gasteiger partial charge on any atom is -0.459 e. The highest BCUT2D eigenvalue weighted by atomic mass is 35.5. The van der Waals surface area contributed by atoms with Gasteiger partial charge in [0.2, 0.25) is 5.91 Å². The molecule has 2 aromatic heterocycles. The zero-order valence-electron chi connectivity index (χ0n) is 14.8.